The molecule has 5 heteroatoms. The van der Waals surface area contributed by atoms with Gasteiger partial charge in [0.15, 0.2) is 0 Å². The monoisotopic (exact) mass is 268 g/mol. The van der Waals surface area contributed by atoms with Gasteiger partial charge in [-0.1, -0.05) is 6.92 Å². The lowest BCUT2D eigenvalue weighted by Gasteiger charge is -2.37. The molecule has 0 aromatic carbocycles. The number of hydrogen-bond acceptors (Lipinski definition) is 3. The van der Waals surface area contributed by atoms with Crippen molar-refractivity contribution in [2.45, 2.75) is 64.3 Å². The number of rotatable bonds is 2. The van der Waals surface area contributed by atoms with E-state index < -0.39 is 17.4 Å². The molecule has 1 fully saturated rings. The average molecular weight is 268 g/mol. The van der Waals surface area contributed by atoms with E-state index in [1.54, 1.807) is 7.05 Å². The molecule has 0 aromatic heterocycles. The summed E-state index contributed by atoms with van der Waals surface area (Å²) in [5.74, 6) is 0. The van der Waals surface area contributed by atoms with E-state index in [1.165, 1.54) is 4.90 Å². The first kappa shape index (κ1) is 15.8. The van der Waals surface area contributed by atoms with Crippen molar-refractivity contribution in [3.63, 3.8) is 0 Å². The predicted octanol–water partition coefficient (Wildman–Crippen LogP) is 3.06. The summed E-state index contributed by atoms with van der Waals surface area (Å²) < 4.78 is 11.0. The highest BCUT2D eigenvalue weighted by molar-refractivity contribution is 5.69. The van der Waals surface area contributed by atoms with E-state index in [1.807, 2.05) is 20.8 Å². The Morgan fingerprint density at radius 2 is 2.21 bits per heavy atom. The Hall–Kier alpha value is -1.28. The van der Waals surface area contributed by atoms with Crippen molar-refractivity contribution in [3.8, 4) is 0 Å². The number of amides is 1. The second-order valence-electron chi connectivity index (χ2n) is 6.01. The number of ether oxygens (including phenoxy) is 2. The summed E-state index contributed by atoms with van der Waals surface area (Å²) in [5, 5.41) is 0. The van der Waals surface area contributed by atoms with E-state index in [0.717, 1.165) is 12.8 Å². The topological polar surface area (TPSA) is 43.1 Å². The molecule has 0 bridgehead atoms. The molecule has 19 heavy (non-hydrogen) atoms. The Kier molecular flexibility index (Phi) is 4.81. The van der Waals surface area contributed by atoms with Gasteiger partial charge in [-0.05, 0) is 33.6 Å². The minimum Gasteiger partial charge on any atom is -0.444 e. The van der Waals surface area contributed by atoms with Crippen LogP contribution in [0.4, 0.5) is 4.79 Å². The number of carbonyl (C=O) groups excluding carboxylic acids is 1. The molecule has 0 radical (unpaired) electrons. The van der Waals surface area contributed by atoms with Crippen LogP contribution in [0.1, 0.15) is 47.0 Å². The Balaban J connectivity index is 2.75. The van der Waals surface area contributed by atoms with Gasteiger partial charge in [0.2, 0.25) is 0 Å². The maximum atomic E-state index is 12.1. The Bertz CT molecular complexity index is 360. The van der Waals surface area contributed by atoms with Gasteiger partial charge < -0.3 is 9.47 Å². The normalized spacial score (nSPS) is 27.5. The number of likely N-dealkylation sites (N-methyl/N-ethyl adjacent to an activating group) is 1. The van der Waals surface area contributed by atoms with Crippen LogP contribution in [-0.2, 0) is 9.47 Å². The summed E-state index contributed by atoms with van der Waals surface area (Å²) >= 11 is 0. The molecule has 1 saturated heterocycles. The highest BCUT2D eigenvalue weighted by atomic mass is 16.6. The molecular weight excluding hydrogens is 244 g/mol. The molecular formula is C14H24N2O3. The SMILES string of the molecule is [C-]#[N+][C@]1(N(C)C(=O)OC(C)(C)C)CC[C@H](CC)OC1. The van der Waals surface area contributed by atoms with Crippen molar-refractivity contribution in [1.29, 1.82) is 0 Å². The molecule has 0 saturated carbocycles. The standard InChI is InChI=1S/C14H24N2O3/c1-7-11-8-9-14(15-5,10-18-11)16(6)12(17)19-13(2,3)4/h11H,7-10H2,1-4,6H3/t11-,14-/m0/s1. The highest BCUT2D eigenvalue weighted by Gasteiger charge is 2.49. The average Bonchev–Trinajstić information content (AvgIpc) is 2.36. The largest absolute Gasteiger partial charge is 0.444 e. The molecule has 1 amide bonds. The first-order valence-corrected chi connectivity index (χ1v) is 6.71. The third-order valence-electron chi connectivity index (χ3n) is 3.37. The number of hydrogen-bond donors (Lipinski definition) is 0. The molecule has 1 aliphatic rings. The van der Waals surface area contributed by atoms with Crippen molar-refractivity contribution in [3.05, 3.63) is 11.4 Å². The minimum atomic E-state index is -0.923. The van der Waals surface area contributed by atoms with Gasteiger partial charge in [0.1, 0.15) is 12.2 Å². The van der Waals surface area contributed by atoms with Crippen molar-refractivity contribution in [2.75, 3.05) is 13.7 Å². The van der Waals surface area contributed by atoms with Crippen molar-refractivity contribution < 1.29 is 14.3 Å². The summed E-state index contributed by atoms with van der Waals surface area (Å²) in [4.78, 5) is 17.1. The second-order valence-corrected chi connectivity index (χ2v) is 6.01. The lowest BCUT2D eigenvalue weighted by Crippen LogP contribution is -2.54. The Morgan fingerprint density at radius 3 is 2.58 bits per heavy atom. The fraction of sp³-hybridized carbons (Fsp3) is 0.857. The van der Waals surface area contributed by atoms with E-state index in [-0.39, 0.29) is 12.7 Å². The molecule has 1 aliphatic heterocycles. The second kappa shape index (κ2) is 5.79. The Morgan fingerprint density at radius 1 is 1.58 bits per heavy atom. The van der Waals surface area contributed by atoms with Crippen LogP contribution < -0.4 is 0 Å². The van der Waals surface area contributed by atoms with Crippen LogP contribution in [0.15, 0.2) is 0 Å². The van der Waals surface area contributed by atoms with Crippen LogP contribution >= 0.6 is 0 Å². The third kappa shape index (κ3) is 3.84. The molecule has 0 unspecified atom stereocenters. The molecule has 1 heterocycles. The maximum absolute atomic E-state index is 12.1. The third-order valence-corrected chi connectivity index (χ3v) is 3.37. The first-order chi connectivity index (χ1) is 8.74. The summed E-state index contributed by atoms with van der Waals surface area (Å²) in [6.07, 6.45) is 2.09. The van der Waals surface area contributed by atoms with E-state index in [4.69, 9.17) is 16.0 Å². The number of carbonyl (C=O) groups is 1. The van der Waals surface area contributed by atoms with Gasteiger partial charge in [-0.15, -0.1) is 0 Å². The van der Waals surface area contributed by atoms with Gasteiger partial charge in [0.25, 0.3) is 0 Å². The fourth-order valence-corrected chi connectivity index (χ4v) is 2.05. The lowest BCUT2D eigenvalue weighted by atomic mass is 9.97. The molecule has 1 rings (SSSR count). The Labute approximate surface area is 115 Å². The molecule has 0 aliphatic carbocycles. The number of nitrogens with zero attached hydrogens (tertiary/aromatic N) is 2. The van der Waals surface area contributed by atoms with Gasteiger partial charge in [-0.25, -0.2) is 16.3 Å². The van der Waals surface area contributed by atoms with Crippen molar-refractivity contribution >= 4 is 6.09 Å². The molecule has 108 valence electrons. The minimum absolute atomic E-state index is 0.196. The smallest absolute Gasteiger partial charge is 0.416 e. The molecule has 0 aromatic rings. The summed E-state index contributed by atoms with van der Waals surface area (Å²) in [6.45, 7) is 15.2. The van der Waals surface area contributed by atoms with Crippen LogP contribution in [-0.4, -0.2) is 42.0 Å². The molecule has 5 nitrogen and oxygen atoms in total. The van der Waals surface area contributed by atoms with Crippen molar-refractivity contribution in [2.24, 2.45) is 0 Å². The quantitative estimate of drug-likeness (QED) is 0.723. The van der Waals surface area contributed by atoms with Crippen LogP contribution in [0, 0.1) is 6.57 Å². The van der Waals surface area contributed by atoms with E-state index in [0.29, 0.717) is 6.42 Å². The first-order valence-electron chi connectivity index (χ1n) is 6.71. The molecule has 0 N–H and O–H groups in total. The van der Waals surface area contributed by atoms with Crippen LogP contribution in [0.3, 0.4) is 0 Å². The summed E-state index contributed by atoms with van der Waals surface area (Å²) in [6, 6.07) is 0. The maximum Gasteiger partial charge on any atom is 0.416 e. The molecule has 0 spiro atoms. The van der Waals surface area contributed by atoms with Gasteiger partial charge in [-0.2, -0.15) is 0 Å². The van der Waals surface area contributed by atoms with Crippen LogP contribution in [0.5, 0.6) is 0 Å². The zero-order valence-corrected chi connectivity index (χ0v) is 12.5. The van der Waals surface area contributed by atoms with E-state index in [2.05, 4.69) is 11.8 Å². The predicted molar refractivity (Wildman–Crippen MR) is 72.6 cm³/mol. The summed E-state index contributed by atoms with van der Waals surface area (Å²) in [5.41, 5.74) is -1.48. The van der Waals surface area contributed by atoms with Gasteiger partial charge in [0.05, 0.1) is 12.5 Å². The van der Waals surface area contributed by atoms with E-state index in [9.17, 15) is 4.79 Å². The zero-order chi connectivity index (χ0) is 14.7. The summed E-state index contributed by atoms with van der Waals surface area (Å²) in [7, 11) is 1.61. The van der Waals surface area contributed by atoms with Gasteiger partial charge >= 0.3 is 11.8 Å². The highest BCUT2D eigenvalue weighted by Crippen LogP contribution is 2.31. The molecule has 2 atom stereocenters. The van der Waals surface area contributed by atoms with Crippen molar-refractivity contribution in [1.82, 2.24) is 4.90 Å². The zero-order valence-electron chi connectivity index (χ0n) is 12.5. The van der Waals surface area contributed by atoms with Gasteiger partial charge in [0, 0.05) is 7.05 Å². The fourth-order valence-electron chi connectivity index (χ4n) is 2.05. The van der Waals surface area contributed by atoms with Crippen LogP contribution in [0.2, 0.25) is 0 Å². The lowest BCUT2D eigenvalue weighted by molar-refractivity contribution is -0.0679. The van der Waals surface area contributed by atoms with Crippen LogP contribution in [0.25, 0.3) is 4.85 Å². The van der Waals surface area contributed by atoms with Gasteiger partial charge in [-0.3, -0.25) is 4.85 Å². The van der Waals surface area contributed by atoms with E-state index >= 15 is 0 Å².